The first-order valence-electron chi connectivity index (χ1n) is 7.80. The molecule has 130 valence electrons. The van der Waals surface area contributed by atoms with Crippen molar-refractivity contribution in [1.82, 2.24) is 0 Å². The Balaban J connectivity index is 1.78. The monoisotopic (exact) mass is 359 g/mol. The molecule has 0 aliphatic heterocycles. The number of rotatable bonds is 7. The number of anilines is 1. The number of hydrogen-bond donors (Lipinski definition) is 1. The predicted molar refractivity (Wildman–Crippen MR) is 95.6 cm³/mol. The van der Waals surface area contributed by atoms with Crippen LogP contribution < -0.4 is 5.32 Å². The van der Waals surface area contributed by atoms with Crippen LogP contribution in [0.15, 0.2) is 54.6 Å². The Labute approximate surface area is 150 Å². The number of Topliss-reactive ketones (excluding diaryl/α,β-unsaturated/α-hetero) is 1. The van der Waals surface area contributed by atoms with E-state index in [-0.39, 0.29) is 18.6 Å². The van der Waals surface area contributed by atoms with Crippen LogP contribution >= 0.6 is 11.6 Å². The van der Waals surface area contributed by atoms with Crippen LogP contribution in [0, 0.1) is 0 Å². The Morgan fingerprint density at radius 1 is 1.00 bits per heavy atom. The summed E-state index contributed by atoms with van der Waals surface area (Å²) in [5, 5.41) is 3.18. The van der Waals surface area contributed by atoms with Crippen LogP contribution in [0.5, 0.6) is 0 Å². The Kier molecular flexibility index (Phi) is 6.71. The molecule has 1 atom stereocenters. The van der Waals surface area contributed by atoms with E-state index in [0.717, 1.165) is 0 Å². The Morgan fingerprint density at radius 3 is 2.28 bits per heavy atom. The van der Waals surface area contributed by atoms with Crippen LogP contribution in [0.3, 0.4) is 0 Å². The molecule has 0 heterocycles. The number of para-hydroxylation sites is 1. The van der Waals surface area contributed by atoms with Gasteiger partial charge in [0.25, 0.3) is 5.91 Å². The molecule has 25 heavy (non-hydrogen) atoms. The van der Waals surface area contributed by atoms with E-state index >= 15 is 0 Å². The van der Waals surface area contributed by atoms with Crippen molar-refractivity contribution < 1.29 is 19.1 Å². The lowest BCUT2D eigenvalue weighted by atomic mass is 10.1. The predicted octanol–water partition coefficient (Wildman–Crippen LogP) is 3.87. The molecule has 2 rings (SSSR count). The first-order chi connectivity index (χ1) is 12.0. The Bertz CT molecular complexity index is 744. The van der Waals surface area contributed by atoms with Gasteiger partial charge >= 0.3 is 5.97 Å². The number of hydrogen-bond acceptors (Lipinski definition) is 4. The van der Waals surface area contributed by atoms with Crippen LogP contribution in [0.4, 0.5) is 5.69 Å². The molecule has 1 amide bonds. The van der Waals surface area contributed by atoms with E-state index in [1.807, 2.05) is 6.07 Å². The lowest BCUT2D eigenvalue weighted by molar-refractivity contribution is -0.153. The van der Waals surface area contributed by atoms with Crippen LogP contribution in [-0.2, 0) is 14.3 Å². The zero-order valence-corrected chi connectivity index (χ0v) is 14.5. The first kappa shape index (κ1) is 18.7. The average Bonchev–Trinajstić information content (AvgIpc) is 2.61. The topological polar surface area (TPSA) is 72.5 Å². The molecule has 2 aromatic carbocycles. The molecular weight excluding hydrogens is 342 g/mol. The molecule has 0 bridgehead atoms. The van der Waals surface area contributed by atoms with Gasteiger partial charge in [0.2, 0.25) is 0 Å². The van der Waals surface area contributed by atoms with E-state index in [4.69, 9.17) is 16.3 Å². The van der Waals surface area contributed by atoms with E-state index in [1.54, 1.807) is 48.5 Å². The highest BCUT2D eigenvalue weighted by Crippen LogP contribution is 2.12. The molecule has 0 aliphatic rings. The van der Waals surface area contributed by atoms with E-state index in [0.29, 0.717) is 16.3 Å². The largest absolute Gasteiger partial charge is 0.453 e. The van der Waals surface area contributed by atoms with Crippen molar-refractivity contribution in [3.8, 4) is 0 Å². The molecule has 1 N–H and O–H groups in total. The number of nitrogens with one attached hydrogen (secondary N) is 1. The van der Waals surface area contributed by atoms with Gasteiger partial charge in [-0.3, -0.25) is 14.4 Å². The zero-order valence-electron chi connectivity index (χ0n) is 13.7. The number of carbonyl (C=O) groups excluding carboxylic acids is 3. The molecule has 0 aromatic heterocycles. The van der Waals surface area contributed by atoms with Crippen LogP contribution in [-0.4, -0.2) is 23.8 Å². The molecule has 6 heteroatoms. The number of amides is 1. The van der Waals surface area contributed by atoms with Crippen molar-refractivity contribution in [2.75, 3.05) is 5.32 Å². The number of carbonyl (C=O) groups is 3. The molecule has 0 unspecified atom stereocenters. The smallest absolute Gasteiger partial charge is 0.307 e. The second-order valence-electron chi connectivity index (χ2n) is 5.42. The Morgan fingerprint density at radius 2 is 1.64 bits per heavy atom. The van der Waals surface area contributed by atoms with Gasteiger partial charge in [0, 0.05) is 22.7 Å². The van der Waals surface area contributed by atoms with Gasteiger partial charge in [-0.15, -0.1) is 0 Å². The zero-order chi connectivity index (χ0) is 18.2. The van der Waals surface area contributed by atoms with E-state index in [2.05, 4.69) is 5.32 Å². The molecule has 0 aliphatic carbocycles. The highest BCUT2D eigenvalue weighted by molar-refractivity contribution is 6.30. The quantitative estimate of drug-likeness (QED) is 0.601. The van der Waals surface area contributed by atoms with Gasteiger partial charge in [0.15, 0.2) is 11.9 Å². The summed E-state index contributed by atoms with van der Waals surface area (Å²) >= 11 is 5.77. The molecule has 0 radical (unpaired) electrons. The van der Waals surface area contributed by atoms with E-state index in [9.17, 15) is 14.4 Å². The van der Waals surface area contributed by atoms with E-state index in [1.165, 1.54) is 6.92 Å². The van der Waals surface area contributed by atoms with Gasteiger partial charge < -0.3 is 10.1 Å². The van der Waals surface area contributed by atoms with Gasteiger partial charge in [-0.25, -0.2) is 0 Å². The lowest BCUT2D eigenvalue weighted by Gasteiger charge is -2.13. The van der Waals surface area contributed by atoms with Gasteiger partial charge in [0.05, 0.1) is 6.42 Å². The second kappa shape index (κ2) is 8.99. The van der Waals surface area contributed by atoms with Crippen LogP contribution in [0.25, 0.3) is 0 Å². The summed E-state index contributed by atoms with van der Waals surface area (Å²) in [7, 11) is 0. The second-order valence-corrected chi connectivity index (χ2v) is 5.85. The standard InChI is InChI=1S/C19H18ClNO4/c1-13(19(24)21-16-5-3-2-4-6-16)25-18(23)12-11-17(22)14-7-9-15(20)10-8-14/h2-10,13H,11-12H2,1H3,(H,21,24)/t13-/m0/s1. The minimum atomic E-state index is -0.946. The summed E-state index contributed by atoms with van der Waals surface area (Å²) in [5.41, 5.74) is 1.10. The van der Waals surface area contributed by atoms with Crippen molar-refractivity contribution >= 4 is 34.9 Å². The summed E-state index contributed by atoms with van der Waals surface area (Å²) in [6.07, 6.45) is -1.03. The van der Waals surface area contributed by atoms with Gasteiger partial charge in [-0.2, -0.15) is 0 Å². The van der Waals surface area contributed by atoms with Gasteiger partial charge in [0.1, 0.15) is 0 Å². The number of ketones is 1. The van der Waals surface area contributed by atoms with Crippen molar-refractivity contribution in [2.45, 2.75) is 25.9 Å². The molecule has 0 saturated heterocycles. The van der Waals surface area contributed by atoms with E-state index < -0.39 is 18.0 Å². The fourth-order valence-electron chi connectivity index (χ4n) is 2.07. The maximum absolute atomic E-state index is 12.0. The summed E-state index contributed by atoms with van der Waals surface area (Å²) < 4.78 is 5.07. The third kappa shape index (κ3) is 6.04. The van der Waals surface area contributed by atoms with Gasteiger partial charge in [-0.1, -0.05) is 29.8 Å². The third-order valence-corrected chi connectivity index (χ3v) is 3.69. The fourth-order valence-corrected chi connectivity index (χ4v) is 2.20. The summed E-state index contributed by atoms with van der Waals surface area (Å²) in [5.74, 6) is -1.21. The normalized spacial score (nSPS) is 11.4. The lowest BCUT2D eigenvalue weighted by Crippen LogP contribution is -2.30. The number of halogens is 1. The summed E-state index contributed by atoms with van der Waals surface area (Å²) in [6.45, 7) is 1.48. The summed E-state index contributed by atoms with van der Waals surface area (Å²) in [4.78, 5) is 35.8. The highest BCUT2D eigenvalue weighted by Gasteiger charge is 2.18. The molecule has 5 nitrogen and oxygen atoms in total. The minimum absolute atomic E-state index is 0.00743. The Hall–Kier alpha value is -2.66. The maximum atomic E-state index is 12.0. The van der Waals surface area contributed by atoms with Crippen LogP contribution in [0.2, 0.25) is 5.02 Å². The molecule has 2 aromatic rings. The maximum Gasteiger partial charge on any atom is 0.307 e. The van der Waals surface area contributed by atoms with Crippen molar-refractivity contribution in [1.29, 1.82) is 0 Å². The van der Waals surface area contributed by atoms with Crippen molar-refractivity contribution in [3.63, 3.8) is 0 Å². The SMILES string of the molecule is C[C@H](OC(=O)CCC(=O)c1ccc(Cl)cc1)C(=O)Nc1ccccc1. The minimum Gasteiger partial charge on any atom is -0.453 e. The molecule has 0 fully saturated rings. The van der Waals surface area contributed by atoms with Crippen LogP contribution in [0.1, 0.15) is 30.1 Å². The first-order valence-corrected chi connectivity index (χ1v) is 8.17. The average molecular weight is 360 g/mol. The highest BCUT2D eigenvalue weighted by atomic mass is 35.5. The molecular formula is C19H18ClNO4. The third-order valence-electron chi connectivity index (χ3n) is 3.44. The fraction of sp³-hybridized carbons (Fsp3) is 0.211. The summed E-state index contributed by atoms with van der Waals surface area (Å²) in [6, 6.07) is 15.3. The number of esters is 1. The van der Waals surface area contributed by atoms with Crippen molar-refractivity contribution in [2.24, 2.45) is 0 Å². The molecule has 0 saturated carbocycles. The van der Waals surface area contributed by atoms with Crippen molar-refractivity contribution in [3.05, 3.63) is 65.2 Å². The number of benzene rings is 2. The molecule has 0 spiro atoms. The van der Waals surface area contributed by atoms with Gasteiger partial charge in [-0.05, 0) is 43.3 Å². The number of ether oxygens (including phenoxy) is 1.